The fraction of sp³-hybridized carbons (Fsp3) is 0.700. The van der Waals surface area contributed by atoms with Gasteiger partial charge in [0.05, 0.1) is 0 Å². The van der Waals surface area contributed by atoms with Gasteiger partial charge in [-0.15, -0.1) is 0 Å². The van der Waals surface area contributed by atoms with Crippen molar-refractivity contribution in [1.29, 1.82) is 0 Å². The second kappa shape index (κ2) is 6.81. The van der Waals surface area contributed by atoms with Crippen molar-refractivity contribution in [2.45, 2.75) is 40.0 Å². The van der Waals surface area contributed by atoms with Crippen LogP contribution in [-0.4, -0.2) is 11.0 Å². The summed E-state index contributed by atoms with van der Waals surface area (Å²) in [6.45, 7) is 6.39. The maximum absolute atomic E-state index is 8.19. The van der Waals surface area contributed by atoms with Gasteiger partial charge in [-0.05, 0) is 32.6 Å². The molecule has 0 unspecified atom stereocenters. The van der Waals surface area contributed by atoms with Crippen molar-refractivity contribution >= 4 is 6.21 Å². The van der Waals surface area contributed by atoms with Crippen molar-refractivity contribution < 1.29 is 4.79 Å². The van der Waals surface area contributed by atoms with E-state index in [9.17, 15) is 0 Å². The molecule has 1 atom stereocenters. The van der Waals surface area contributed by atoms with Crippen LogP contribution in [0.25, 0.3) is 5.53 Å². The summed E-state index contributed by atoms with van der Waals surface area (Å²) >= 11 is 0. The molecule has 0 aliphatic rings. The number of rotatable bonds is 5. The standard InChI is InChI=1S/C10H18N2/c1-9(2)5-4-6-10(3)7-8-12-11/h5,8,10H,4,6-7H2,1-3H3/t10-/m0/s1. The van der Waals surface area contributed by atoms with Gasteiger partial charge in [0.25, 0.3) is 6.21 Å². The highest BCUT2D eigenvalue weighted by molar-refractivity contribution is 5.50. The van der Waals surface area contributed by atoms with Crippen LogP contribution in [0.15, 0.2) is 11.6 Å². The normalized spacial score (nSPS) is 11.6. The summed E-state index contributed by atoms with van der Waals surface area (Å²) in [5.41, 5.74) is 9.56. The Hall–Kier alpha value is -0.880. The van der Waals surface area contributed by atoms with Crippen LogP contribution < -0.4 is 0 Å². The largest absolute Gasteiger partial charge is 0.362 e. The van der Waals surface area contributed by atoms with Crippen molar-refractivity contribution in [3.63, 3.8) is 0 Å². The molecular weight excluding hydrogens is 148 g/mol. The van der Waals surface area contributed by atoms with E-state index in [-0.39, 0.29) is 0 Å². The minimum Gasteiger partial charge on any atom is -0.362 e. The third kappa shape index (κ3) is 7.23. The lowest BCUT2D eigenvalue weighted by molar-refractivity contribution is -0.000154. The predicted molar refractivity (Wildman–Crippen MR) is 52.1 cm³/mol. The lowest BCUT2D eigenvalue weighted by atomic mass is 10.0. The van der Waals surface area contributed by atoms with Gasteiger partial charge in [-0.2, -0.15) is 4.79 Å². The molecular formula is C10H18N2. The number of hydrogen-bond donors (Lipinski definition) is 0. The van der Waals surface area contributed by atoms with Crippen LogP contribution in [0, 0.1) is 5.92 Å². The fourth-order valence-corrected chi connectivity index (χ4v) is 1.00. The van der Waals surface area contributed by atoms with Crippen LogP contribution in [0.3, 0.4) is 0 Å². The molecule has 0 heterocycles. The summed E-state index contributed by atoms with van der Waals surface area (Å²) in [5.74, 6) is 0.608. The topological polar surface area (TPSA) is 36.4 Å². The van der Waals surface area contributed by atoms with E-state index in [0.29, 0.717) is 5.92 Å². The predicted octanol–water partition coefficient (Wildman–Crippen LogP) is 3.06. The minimum atomic E-state index is 0.608. The third-order valence-electron chi connectivity index (χ3n) is 1.80. The van der Waals surface area contributed by atoms with Crippen molar-refractivity contribution in [3.8, 4) is 0 Å². The van der Waals surface area contributed by atoms with E-state index in [1.807, 2.05) is 0 Å². The Bertz CT molecular complexity index is 184. The first-order chi connectivity index (χ1) is 5.66. The summed E-state index contributed by atoms with van der Waals surface area (Å²) in [7, 11) is 0. The van der Waals surface area contributed by atoms with Crippen LogP contribution in [-0.2, 0) is 0 Å². The summed E-state index contributed by atoms with van der Waals surface area (Å²) in [5, 5.41) is 0. The molecule has 0 aromatic rings. The second-order valence-corrected chi connectivity index (χ2v) is 3.50. The van der Waals surface area contributed by atoms with Crippen LogP contribution in [0.2, 0.25) is 0 Å². The molecule has 0 bridgehead atoms. The van der Waals surface area contributed by atoms with Gasteiger partial charge >= 0.3 is 0 Å². The van der Waals surface area contributed by atoms with E-state index >= 15 is 0 Å². The van der Waals surface area contributed by atoms with Gasteiger partial charge in [0.15, 0.2) is 0 Å². The molecule has 0 rings (SSSR count). The zero-order chi connectivity index (χ0) is 9.40. The molecule has 0 saturated heterocycles. The first kappa shape index (κ1) is 11.1. The highest BCUT2D eigenvalue weighted by Crippen LogP contribution is 2.09. The Kier molecular flexibility index (Phi) is 6.31. The lowest BCUT2D eigenvalue weighted by Gasteiger charge is -2.02. The molecule has 0 aromatic carbocycles. The molecule has 0 fully saturated rings. The van der Waals surface area contributed by atoms with Crippen molar-refractivity contribution in [3.05, 3.63) is 17.2 Å². The maximum atomic E-state index is 8.19. The summed E-state index contributed by atoms with van der Waals surface area (Å²) in [6.07, 6.45) is 6.97. The Morgan fingerprint density at radius 3 is 2.67 bits per heavy atom. The van der Waals surface area contributed by atoms with Gasteiger partial charge in [-0.1, -0.05) is 18.6 Å². The summed E-state index contributed by atoms with van der Waals surface area (Å²) < 4.78 is 0. The van der Waals surface area contributed by atoms with Gasteiger partial charge in [-0.3, -0.25) is 0 Å². The molecule has 0 N–H and O–H groups in total. The van der Waals surface area contributed by atoms with Gasteiger partial charge in [0.2, 0.25) is 0 Å². The molecule has 0 amide bonds. The Balaban J connectivity index is 3.50. The first-order valence-corrected chi connectivity index (χ1v) is 4.46. The molecule has 12 heavy (non-hydrogen) atoms. The van der Waals surface area contributed by atoms with E-state index < -0.39 is 0 Å². The van der Waals surface area contributed by atoms with Gasteiger partial charge in [-0.25, -0.2) is 0 Å². The average Bonchev–Trinajstić information content (AvgIpc) is 2.00. The minimum absolute atomic E-state index is 0.608. The summed E-state index contributed by atoms with van der Waals surface area (Å²) in [4.78, 5) is 2.98. The Morgan fingerprint density at radius 2 is 2.17 bits per heavy atom. The molecule has 0 spiro atoms. The van der Waals surface area contributed by atoms with Gasteiger partial charge in [0.1, 0.15) is 0 Å². The number of hydrogen-bond acceptors (Lipinski definition) is 0. The molecule has 0 aromatic heterocycles. The first-order valence-electron chi connectivity index (χ1n) is 4.46. The van der Waals surface area contributed by atoms with Crippen molar-refractivity contribution in [2.75, 3.05) is 0 Å². The van der Waals surface area contributed by atoms with Gasteiger partial charge < -0.3 is 5.53 Å². The average molecular weight is 166 g/mol. The van der Waals surface area contributed by atoms with Gasteiger partial charge in [0, 0.05) is 6.42 Å². The number of allylic oxidation sites excluding steroid dienone is 2. The number of nitrogens with zero attached hydrogens (tertiary/aromatic N) is 2. The smallest absolute Gasteiger partial charge is 0.257 e. The highest BCUT2D eigenvalue weighted by atomic mass is 14.8. The lowest BCUT2D eigenvalue weighted by Crippen LogP contribution is -1.94. The summed E-state index contributed by atoms with van der Waals surface area (Å²) in [6, 6.07) is 0. The molecule has 0 aliphatic heterocycles. The van der Waals surface area contributed by atoms with E-state index in [2.05, 4.69) is 31.6 Å². The SMILES string of the molecule is CC(C)=CCC[C@H](C)CC=[N+]=[N-]. The van der Waals surface area contributed by atoms with E-state index in [4.69, 9.17) is 5.53 Å². The fourth-order valence-electron chi connectivity index (χ4n) is 1.00. The van der Waals surface area contributed by atoms with E-state index in [1.165, 1.54) is 5.57 Å². The molecule has 2 nitrogen and oxygen atoms in total. The monoisotopic (exact) mass is 166 g/mol. The van der Waals surface area contributed by atoms with Crippen molar-refractivity contribution in [1.82, 2.24) is 0 Å². The third-order valence-corrected chi connectivity index (χ3v) is 1.80. The van der Waals surface area contributed by atoms with Crippen LogP contribution in [0.4, 0.5) is 0 Å². The molecule has 0 saturated carbocycles. The highest BCUT2D eigenvalue weighted by Gasteiger charge is 2.00. The van der Waals surface area contributed by atoms with Crippen LogP contribution in [0.1, 0.15) is 40.0 Å². The van der Waals surface area contributed by atoms with Crippen molar-refractivity contribution in [2.24, 2.45) is 5.92 Å². The Morgan fingerprint density at radius 1 is 1.50 bits per heavy atom. The second-order valence-electron chi connectivity index (χ2n) is 3.50. The zero-order valence-electron chi connectivity index (χ0n) is 8.25. The molecule has 0 radical (unpaired) electrons. The zero-order valence-corrected chi connectivity index (χ0v) is 8.25. The molecule has 68 valence electrons. The van der Waals surface area contributed by atoms with E-state index in [1.54, 1.807) is 6.21 Å². The maximum Gasteiger partial charge on any atom is 0.257 e. The quantitative estimate of drug-likeness (QED) is 0.260. The Labute approximate surface area is 74.9 Å². The molecule has 0 aliphatic carbocycles. The van der Waals surface area contributed by atoms with Crippen LogP contribution >= 0.6 is 0 Å². The van der Waals surface area contributed by atoms with E-state index in [0.717, 1.165) is 19.3 Å². The van der Waals surface area contributed by atoms with Crippen LogP contribution in [0.5, 0.6) is 0 Å². The molecule has 2 heteroatoms.